The molecule has 0 bridgehead atoms. The molecule has 0 aromatic carbocycles. The van der Waals surface area contributed by atoms with Crippen LogP contribution >= 0.6 is 0 Å². The van der Waals surface area contributed by atoms with Crippen molar-refractivity contribution in [2.75, 3.05) is 0 Å². The predicted octanol–water partition coefficient (Wildman–Crippen LogP) is 8.52. The van der Waals surface area contributed by atoms with Crippen LogP contribution in [0.4, 0.5) is 0 Å². The Morgan fingerprint density at radius 3 is 2.45 bits per heavy atom. The van der Waals surface area contributed by atoms with Gasteiger partial charge in [0.2, 0.25) is 0 Å². The van der Waals surface area contributed by atoms with Crippen LogP contribution in [0.3, 0.4) is 0 Å². The summed E-state index contributed by atoms with van der Waals surface area (Å²) in [5, 5.41) is 0. The van der Waals surface area contributed by atoms with Crippen molar-refractivity contribution in [3.05, 3.63) is 23.3 Å². The first kappa shape index (κ1) is 25.1. The zero-order valence-electron chi connectivity index (χ0n) is 22.6. The minimum Gasteiger partial charge on any atom is -0.462 e. The summed E-state index contributed by atoms with van der Waals surface area (Å²) in [6.07, 6.45) is 17.9. The zero-order chi connectivity index (χ0) is 24.0. The smallest absolute Gasteiger partial charge is 0.302 e. The molecule has 186 valence electrons. The highest BCUT2D eigenvalue weighted by molar-refractivity contribution is 5.66. The molecule has 33 heavy (non-hydrogen) atoms. The van der Waals surface area contributed by atoms with E-state index in [0.717, 1.165) is 48.9 Å². The quantitative estimate of drug-likeness (QED) is 0.360. The first-order chi connectivity index (χ1) is 15.6. The molecule has 0 saturated heterocycles. The van der Waals surface area contributed by atoms with E-state index in [1.807, 2.05) is 0 Å². The van der Waals surface area contributed by atoms with Gasteiger partial charge in [0, 0.05) is 13.3 Å². The van der Waals surface area contributed by atoms with Gasteiger partial charge >= 0.3 is 5.97 Å². The van der Waals surface area contributed by atoms with Crippen LogP contribution in [0.5, 0.6) is 0 Å². The highest BCUT2D eigenvalue weighted by Gasteiger charge is 2.57. The summed E-state index contributed by atoms with van der Waals surface area (Å²) in [6.45, 7) is 16.5. The molecule has 3 saturated carbocycles. The van der Waals surface area contributed by atoms with Gasteiger partial charge in [-0.15, -0.1) is 0 Å². The Morgan fingerprint density at radius 1 is 1.03 bits per heavy atom. The molecule has 0 radical (unpaired) electrons. The fourth-order valence-electron chi connectivity index (χ4n) is 8.97. The van der Waals surface area contributed by atoms with Crippen LogP contribution in [-0.4, -0.2) is 12.1 Å². The lowest BCUT2D eigenvalue weighted by Gasteiger charge is -2.55. The normalized spacial score (nSPS) is 39.6. The van der Waals surface area contributed by atoms with E-state index in [2.05, 4.69) is 53.7 Å². The predicted molar refractivity (Wildman–Crippen MR) is 138 cm³/mol. The maximum absolute atomic E-state index is 11.5. The molecule has 4 rings (SSSR count). The second-order valence-electron chi connectivity index (χ2n) is 13.1. The Hall–Kier alpha value is -1.05. The standard InChI is InChI=1S/C31H50O2/c1-8-23(20(2)3)10-9-21(4)27-13-14-28-26-12-11-24-19-25(33-22(5)32)15-17-30(24,6)29(26)16-18-31(27,28)7/h11-12,20-21,23,25,27-29H,8-10,13-19H2,1-7H3/t21-,23+,25+,27-,28+,29+,30+,31-/m1/s1. The van der Waals surface area contributed by atoms with E-state index < -0.39 is 0 Å². The largest absolute Gasteiger partial charge is 0.462 e. The lowest BCUT2D eigenvalue weighted by atomic mass is 9.50. The van der Waals surface area contributed by atoms with Gasteiger partial charge in [0.1, 0.15) is 6.10 Å². The van der Waals surface area contributed by atoms with Crippen molar-refractivity contribution in [3.63, 3.8) is 0 Å². The molecule has 0 spiro atoms. The Balaban J connectivity index is 1.49. The number of rotatable bonds is 7. The van der Waals surface area contributed by atoms with E-state index in [4.69, 9.17) is 4.74 Å². The van der Waals surface area contributed by atoms with Crippen molar-refractivity contribution in [1.29, 1.82) is 0 Å². The lowest BCUT2D eigenvalue weighted by molar-refractivity contribution is -0.148. The maximum atomic E-state index is 11.5. The summed E-state index contributed by atoms with van der Waals surface area (Å²) in [4.78, 5) is 11.5. The molecule has 0 aromatic heterocycles. The topological polar surface area (TPSA) is 26.3 Å². The molecule has 0 aromatic rings. The molecule has 3 fully saturated rings. The highest BCUT2D eigenvalue weighted by atomic mass is 16.5. The Morgan fingerprint density at radius 2 is 1.79 bits per heavy atom. The number of ether oxygens (including phenoxy) is 1. The van der Waals surface area contributed by atoms with Gasteiger partial charge in [0.15, 0.2) is 0 Å². The van der Waals surface area contributed by atoms with Crippen molar-refractivity contribution in [3.8, 4) is 0 Å². The van der Waals surface area contributed by atoms with Gasteiger partial charge in [0.25, 0.3) is 0 Å². The van der Waals surface area contributed by atoms with Crippen molar-refractivity contribution in [2.24, 2.45) is 46.3 Å². The van der Waals surface area contributed by atoms with Crippen LogP contribution in [-0.2, 0) is 9.53 Å². The van der Waals surface area contributed by atoms with Crippen LogP contribution < -0.4 is 0 Å². The number of hydrogen-bond acceptors (Lipinski definition) is 2. The molecular formula is C31H50O2. The maximum Gasteiger partial charge on any atom is 0.302 e. The molecule has 0 unspecified atom stereocenters. The zero-order valence-corrected chi connectivity index (χ0v) is 22.6. The third-order valence-corrected chi connectivity index (χ3v) is 11.1. The third kappa shape index (κ3) is 4.50. The number of allylic oxidation sites excluding steroid dienone is 3. The second kappa shape index (κ2) is 9.54. The molecule has 0 amide bonds. The molecule has 0 aliphatic heterocycles. The van der Waals surface area contributed by atoms with E-state index >= 15 is 0 Å². The first-order valence-corrected chi connectivity index (χ1v) is 14.2. The number of fused-ring (bicyclic) bond motifs is 5. The van der Waals surface area contributed by atoms with Crippen LogP contribution in [0.1, 0.15) is 113 Å². The molecule has 4 aliphatic rings. The van der Waals surface area contributed by atoms with E-state index in [1.165, 1.54) is 44.9 Å². The summed E-state index contributed by atoms with van der Waals surface area (Å²) >= 11 is 0. The molecule has 0 N–H and O–H groups in total. The minimum atomic E-state index is -0.130. The minimum absolute atomic E-state index is 0.0835. The van der Waals surface area contributed by atoms with Crippen molar-refractivity contribution in [1.82, 2.24) is 0 Å². The SMILES string of the molecule is CC[C@@H](CC[C@@H](C)[C@H]1CC[C@H]2C3=CC=C4C[C@@H](OC(C)=O)CC[C@]4(C)[C@H]3CC[C@]12C)C(C)C. The Labute approximate surface area is 204 Å². The van der Waals surface area contributed by atoms with Gasteiger partial charge in [0.05, 0.1) is 0 Å². The number of carbonyl (C=O) groups excluding carboxylic acids is 1. The molecule has 2 nitrogen and oxygen atoms in total. The monoisotopic (exact) mass is 454 g/mol. The second-order valence-corrected chi connectivity index (χ2v) is 13.1. The van der Waals surface area contributed by atoms with Gasteiger partial charge in [-0.05, 0) is 91.3 Å². The number of carbonyl (C=O) groups is 1. The Kier molecular flexibility index (Phi) is 7.24. The summed E-state index contributed by atoms with van der Waals surface area (Å²) in [5.41, 5.74) is 4.08. The highest BCUT2D eigenvalue weighted by Crippen LogP contribution is 2.66. The molecule has 0 heterocycles. The third-order valence-electron chi connectivity index (χ3n) is 11.1. The van der Waals surface area contributed by atoms with Gasteiger partial charge in [-0.25, -0.2) is 0 Å². The van der Waals surface area contributed by atoms with Gasteiger partial charge < -0.3 is 4.74 Å². The lowest BCUT2D eigenvalue weighted by Crippen LogP contribution is -2.46. The van der Waals surface area contributed by atoms with Gasteiger partial charge in [-0.2, -0.15) is 0 Å². The number of hydrogen-bond donors (Lipinski definition) is 0. The van der Waals surface area contributed by atoms with E-state index in [9.17, 15) is 4.79 Å². The van der Waals surface area contributed by atoms with Crippen LogP contribution in [0, 0.1) is 46.3 Å². The Bertz CT molecular complexity index is 791. The summed E-state index contributed by atoms with van der Waals surface area (Å²) < 4.78 is 5.61. The van der Waals surface area contributed by atoms with E-state index in [1.54, 1.807) is 18.1 Å². The molecule has 2 heteroatoms. The van der Waals surface area contributed by atoms with Crippen molar-refractivity contribution < 1.29 is 9.53 Å². The summed E-state index contributed by atoms with van der Waals surface area (Å²) in [7, 11) is 0. The van der Waals surface area contributed by atoms with Gasteiger partial charge in [-0.1, -0.05) is 77.7 Å². The average Bonchev–Trinajstić information content (AvgIpc) is 3.11. The van der Waals surface area contributed by atoms with E-state index in [-0.39, 0.29) is 17.5 Å². The molecular weight excluding hydrogens is 404 g/mol. The summed E-state index contributed by atoms with van der Waals surface area (Å²) in [5.74, 6) is 4.77. The fraction of sp³-hybridized carbons (Fsp3) is 0.839. The van der Waals surface area contributed by atoms with Gasteiger partial charge in [-0.3, -0.25) is 4.79 Å². The van der Waals surface area contributed by atoms with Crippen LogP contribution in [0.25, 0.3) is 0 Å². The average molecular weight is 455 g/mol. The first-order valence-electron chi connectivity index (χ1n) is 14.2. The molecule has 4 aliphatic carbocycles. The van der Waals surface area contributed by atoms with Crippen molar-refractivity contribution >= 4 is 5.97 Å². The number of esters is 1. The fourth-order valence-corrected chi connectivity index (χ4v) is 8.97. The summed E-state index contributed by atoms with van der Waals surface area (Å²) in [6, 6.07) is 0. The molecule has 8 atom stereocenters. The van der Waals surface area contributed by atoms with E-state index in [0.29, 0.717) is 11.3 Å². The van der Waals surface area contributed by atoms with Crippen LogP contribution in [0.15, 0.2) is 23.3 Å². The van der Waals surface area contributed by atoms with Crippen LogP contribution in [0.2, 0.25) is 0 Å². The van der Waals surface area contributed by atoms with Crippen molar-refractivity contribution in [2.45, 2.75) is 119 Å².